The number of nitrogens with one attached hydrogen (secondary N) is 1. The Hall–Kier alpha value is -3.47. The quantitative estimate of drug-likeness (QED) is 0.438. The summed E-state index contributed by atoms with van der Waals surface area (Å²) in [4.78, 5) is 15.2. The van der Waals surface area contributed by atoms with E-state index < -0.39 is 12.1 Å². The number of aromatic nitrogens is 2. The zero-order valence-electron chi connectivity index (χ0n) is 16.9. The van der Waals surface area contributed by atoms with E-state index >= 15 is 0 Å². The molecule has 0 unspecified atom stereocenters. The summed E-state index contributed by atoms with van der Waals surface area (Å²) >= 11 is 0. The van der Waals surface area contributed by atoms with Gasteiger partial charge in [0, 0.05) is 23.5 Å². The normalized spacial score (nSPS) is 17.2. The minimum absolute atomic E-state index is 0.0234. The molecule has 1 amide bonds. The number of carbonyl (C=O) groups is 1. The lowest BCUT2D eigenvalue weighted by atomic mass is 9.94. The van der Waals surface area contributed by atoms with Crippen LogP contribution in [0.4, 0.5) is 4.39 Å². The summed E-state index contributed by atoms with van der Waals surface area (Å²) in [5, 5.41) is 22.2. The lowest BCUT2D eigenvalue weighted by Crippen LogP contribution is -2.41. The van der Waals surface area contributed by atoms with Crippen LogP contribution in [0.25, 0.3) is 11.1 Å². The Kier molecular flexibility index (Phi) is 5.85. The SMILES string of the molecule is C[C@H](O)c1nccn1[C@@H](C#Cc1ccc(-c2ccc([C@H]3CC(=O)N3)cc2F)cc1)CO. The molecule has 4 rings (SSSR count). The average Bonchev–Trinajstić information content (AvgIpc) is 3.23. The first kappa shape index (κ1) is 20.8. The first-order valence-corrected chi connectivity index (χ1v) is 9.98. The smallest absolute Gasteiger partial charge is 0.222 e. The summed E-state index contributed by atoms with van der Waals surface area (Å²) < 4.78 is 16.3. The van der Waals surface area contributed by atoms with Gasteiger partial charge < -0.3 is 20.1 Å². The van der Waals surface area contributed by atoms with Crippen LogP contribution in [-0.2, 0) is 4.79 Å². The highest BCUT2D eigenvalue weighted by atomic mass is 19.1. The molecule has 1 aliphatic rings. The molecule has 1 aliphatic heterocycles. The highest BCUT2D eigenvalue weighted by molar-refractivity contribution is 5.83. The second-order valence-electron chi connectivity index (χ2n) is 7.48. The first-order valence-electron chi connectivity index (χ1n) is 9.98. The van der Waals surface area contributed by atoms with Crippen molar-refractivity contribution in [2.75, 3.05) is 6.61 Å². The lowest BCUT2D eigenvalue weighted by Gasteiger charge is -2.27. The van der Waals surface area contributed by atoms with Crippen LogP contribution in [-0.4, -0.2) is 32.3 Å². The Labute approximate surface area is 179 Å². The van der Waals surface area contributed by atoms with Crippen molar-refractivity contribution in [3.63, 3.8) is 0 Å². The molecule has 1 aromatic heterocycles. The van der Waals surface area contributed by atoms with E-state index in [1.165, 1.54) is 6.07 Å². The second-order valence-corrected chi connectivity index (χ2v) is 7.48. The van der Waals surface area contributed by atoms with Gasteiger partial charge in [-0.15, -0.1) is 0 Å². The zero-order valence-corrected chi connectivity index (χ0v) is 16.9. The highest BCUT2D eigenvalue weighted by Crippen LogP contribution is 2.29. The molecule has 0 saturated carbocycles. The minimum Gasteiger partial charge on any atom is -0.393 e. The van der Waals surface area contributed by atoms with Gasteiger partial charge in [0.1, 0.15) is 23.8 Å². The molecule has 7 heteroatoms. The predicted molar refractivity (Wildman–Crippen MR) is 113 cm³/mol. The summed E-state index contributed by atoms with van der Waals surface area (Å²) in [5.74, 6) is 6.07. The standard InChI is InChI=1S/C24H22FN3O3/c1-15(30)24-26-10-11-28(24)19(14-29)8-4-16-2-5-17(6-3-16)20-9-7-18(12-21(20)25)22-13-23(31)27-22/h2-3,5-7,9-12,15,19,22,29-30H,13-14H2,1H3,(H,27,31)/t15-,19-,22+/m0/s1. The van der Waals surface area contributed by atoms with Gasteiger partial charge in [-0.3, -0.25) is 4.79 Å². The zero-order chi connectivity index (χ0) is 22.0. The number of carbonyl (C=O) groups excluding carboxylic acids is 1. The number of aliphatic hydroxyl groups is 2. The van der Waals surface area contributed by atoms with E-state index in [9.17, 15) is 19.4 Å². The van der Waals surface area contributed by atoms with Crippen molar-refractivity contribution in [3.8, 4) is 23.0 Å². The summed E-state index contributed by atoms with van der Waals surface area (Å²) in [6.45, 7) is 1.38. The van der Waals surface area contributed by atoms with Gasteiger partial charge >= 0.3 is 0 Å². The Morgan fingerprint density at radius 3 is 2.65 bits per heavy atom. The summed E-state index contributed by atoms with van der Waals surface area (Å²) in [5.41, 5.74) is 2.67. The maximum absolute atomic E-state index is 14.6. The van der Waals surface area contributed by atoms with Crippen LogP contribution in [0, 0.1) is 17.7 Å². The summed E-state index contributed by atoms with van der Waals surface area (Å²) in [6, 6.07) is 11.5. The van der Waals surface area contributed by atoms with Gasteiger partial charge in [-0.1, -0.05) is 36.1 Å². The van der Waals surface area contributed by atoms with E-state index in [4.69, 9.17) is 0 Å². The number of amides is 1. The third-order valence-electron chi connectivity index (χ3n) is 5.28. The third-order valence-corrected chi connectivity index (χ3v) is 5.28. The van der Waals surface area contributed by atoms with Crippen LogP contribution < -0.4 is 5.32 Å². The van der Waals surface area contributed by atoms with Gasteiger partial charge in [0.05, 0.1) is 19.1 Å². The minimum atomic E-state index is -0.771. The van der Waals surface area contributed by atoms with Crippen molar-refractivity contribution in [2.45, 2.75) is 31.5 Å². The number of hydrogen-bond donors (Lipinski definition) is 3. The maximum Gasteiger partial charge on any atom is 0.222 e. The summed E-state index contributed by atoms with van der Waals surface area (Å²) in [6.07, 6.45) is 2.84. The fourth-order valence-electron chi connectivity index (χ4n) is 3.56. The van der Waals surface area contributed by atoms with Gasteiger partial charge in [-0.05, 0) is 36.2 Å². The van der Waals surface area contributed by atoms with Crippen molar-refractivity contribution in [2.24, 2.45) is 0 Å². The Morgan fingerprint density at radius 1 is 1.29 bits per heavy atom. The lowest BCUT2D eigenvalue weighted by molar-refractivity contribution is -0.128. The number of halogens is 1. The molecule has 3 aromatic rings. The first-order chi connectivity index (χ1) is 15.0. The van der Waals surface area contributed by atoms with E-state index in [1.807, 2.05) is 6.07 Å². The Bertz CT molecular complexity index is 1150. The number of benzene rings is 2. The molecule has 31 heavy (non-hydrogen) atoms. The molecule has 2 aromatic carbocycles. The average molecular weight is 419 g/mol. The highest BCUT2D eigenvalue weighted by Gasteiger charge is 2.27. The van der Waals surface area contributed by atoms with Gasteiger partial charge in [0.25, 0.3) is 0 Å². The molecule has 3 atom stereocenters. The van der Waals surface area contributed by atoms with Crippen LogP contribution in [0.15, 0.2) is 54.9 Å². The number of β-lactam (4-membered cyclic amide) rings is 1. The number of rotatable bonds is 5. The van der Waals surface area contributed by atoms with Gasteiger partial charge in [-0.2, -0.15) is 0 Å². The van der Waals surface area contributed by atoms with E-state index in [0.29, 0.717) is 17.8 Å². The van der Waals surface area contributed by atoms with Crippen LogP contribution in [0.3, 0.4) is 0 Å². The fraction of sp³-hybridized carbons (Fsp3) is 0.250. The largest absolute Gasteiger partial charge is 0.393 e. The van der Waals surface area contributed by atoms with Crippen LogP contribution >= 0.6 is 0 Å². The number of hydrogen-bond acceptors (Lipinski definition) is 4. The van der Waals surface area contributed by atoms with Crippen molar-refractivity contribution in [1.82, 2.24) is 14.9 Å². The predicted octanol–water partition coefficient (Wildman–Crippen LogP) is 2.89. The van der Waals surface area contributed by atoms with E-state index in [-0.39, 0.29) is 24.4 Å². The molecule has 0 aliphatic carbocycles. The molecule has 2 heterocycles. The molecule has 1 fully saturated rings. The van der Waals surface area contributed by atoms with Crippen molar-refractivity contribution in [1.29, 1.82) is 0 Å². The number of aliphatic hydroxyl groups excluding tert-OH is 2. The van der Waals surface area contributed by atoms with E-state index in [0.717, 1.165) is 16.7 Å². The molecular weight excluding hydrogens is 397 g/mol. The van der Waals surface area contributed by atoms with Gasteiger partial charge in [0.15, 0.2) is 0 Å². The molecule has 0 bridgehead atoms. The van der Waals surface area contributed by atoms with Gasteiger partial charge in [0.2, 0.25) is 5.91 Å². The molecule has 1 saturated heterocycles. The van der Waals surface area contributed by atoms with Crippen molar-refractivity contribution >= 4 is 5.91 Å². The van der Waals surface area contributed by atoms with Gasteiger partial charge in [-0.25, -0.2) is 9.37 Å². The molecule has 0 radical (unpaired) electrons. The van der Waals surface area contributed by atoms with Crippen molar-refractivity contribution in [3.05, 3.63) is 77.6 Å². The number of imidazole rings is 1. The fourth-order valence-corrected chi connectivity index (χ4v) is 3.56. The number of nitrogens with zero attached hydrogens (tertiary/aromatic N) is 2. The monoisotopic (exact) mass is 419 g/mol. The van der Waals surface area contributed by atoms with Crippen LogP contribution in [0.5, 0.6) is 0 Å². The second kappa shape index (κ2) is 8.72. The topological polar surface area (TPSA) is 87.4 Å². The molecule has 6 nitrogen and oxygen atoms in total. The Morgan fingerprint density at radius 2 is 2.03 bits per heavy atom. The van der Waals surface area contributed by atoms with Crippen LogP contribution in [0.1, 0.15) is 48.5 Å². The van der Waals surface area contributed by atoms with E-state index in [1.54, 1.807) is 54.2 Å². The summed E-state index contributed by atoms with van der Waals surface area (Å²) in [7, 11) is 0. The molecule has 3 N–H and O–H groups in total. The molecule has 0 spiro atoms. The van der Waals surface area contributed by atoms with Crippen molar-refractivity contribution < 1.29 is 19.4 Å². The van der Waals surface area contributed by atoms with E-state index in [2.05, 4.69) is 22.1 Å². The molecule has 158 valence electrons. The van der Waals surface area contributed by atoms with Crippen LogP contribution in [0.2, 0.25) is 0 Å². The molecular formula is C24H22FN3O3. The third kappa shape index (κ3) is 4.36. The maximum atomic E-state index is 14.6. The Balaban J connectivity index is 1.51.